The number of aryl methyl sites for hydroxylation is 2. The maximum absolute atomic E-state index is 6.04. The van der Waals surface area contributed by atoms with Crippen molar-refractivity contribution in [2.75, 3.05) is 5.32 Å². The van der Waals surface area contributed by atoms with Gasteiger partial charge in [0.2, 0.25) is 0 Å². The van der Waals surface area contributed by atoms with Crippen LogP contribution in [0.1, 0.15) is 40.8 Å². The first kappa shape index (κ1) is 15.0. The van der Waals surface area contributed by atoms with E-state index in [2.05, 4.69) is 40.4 Å². The molecule has 1 aliphatic carbocycles. The molecule has 1 aromatic carbocycles. The van der Waals surface area contributed by atoms with Gasteiger partial charge >= 0.3 is 0 Å². The molecule has 3 rings (SSSR count). The predicted octanol–water partition coefficient (Wildman–Crippen LogP) is 3.51. The Bertz CT molecular complexity index is 675. The fourth-order valence-electron chi connectivity index (χ4n) is 2.81. The molecular formula is C17H22N4S. The molecule has 0 fully saturated rings. The third kappa shape index (κ3) is 3.47. The Morgan fingerprint density at radius 1 is 1.36 bits per heavy atom. The van der Waals surface area contributed by atoms with Crippen LogP contribution in [0.4, 0.5) is 5.69 Å². The lowest BCUT2D eigenvalue weighted by atomic mass is 9.90. The molecular weight excluding hydrogens is 292 g/mol. The minimum absolute atomic E-state index is 0.465. The van der Waals surface area contributed by atoms with Gasteiger partial charge in [-0.15, -0.1) is 11.3 Å². The van der Waals surface area contributed by atoms with Crippen LogP contribution in [0.3, 0.4) is 0 Å². The summed E-state index contributed by atoms with van der Waals surface area (Å²) in [5.41, 5.74) is 9.98. The molecule has 3 N–H and O–H groups in total. The van der Waals surface area contributed by atoms with Crippen LogP contribution < -0.4 is 11.1 Å². The van der Waals surface area contributed by atoms with Gasteiger partial charge in [-0.2, -0.15) is 0 Å². The molecule has 0 radical (unpaired) electrons. The fraction of sp³-hybridized carbons (Fsp3) is 0.412. The lowest BCUT2D eigenvalue weighted by Crippen LogP contribution is -2.24. The molecule has 4 nitrogen and oxygen atoms in total. The van der Waals surface area contributed by atoms with Crippen LogP contribution in [0, 0.1) is 0 Å². The Hall–Kier alpha value is -1.88. The highest BCUT2D eigenvalue weighted by molar-refractivity contribution is 7.11. The van der Waals surface area contributed by atoms with E-state index < -0.39 is 0 Å². The van der Waals surface area contributed by atoms with Crippen molar-refractivity contribution in [1.82, 2.24) is 4.98 Å². The minimum atomic E-state index is 0.465. The second-order valence-corrected chi connectivity index (χ2v) is 6.75. The van der Waals surface area contributed by atoms with Crippen molar-refractivity contribution in [3.8, 4) is 0 Å². The van der Waals surface area contributed by atoms with Crippen molar-refractivity contribution in [1.29, 1.82) is 0 Å². The van der Waals surface area contributed by atoms with Gasteiger partial charge in [0.05, 0.1) is 6.54 Å². The number of thiazole rings is 1. The summed E-state index contributed by atoms with van der Waals surface area (Å²) < 4.78 is 0. The van der Waals surface area contributed by atoms with Gasteiger partial charge in [0.1, 0.15) is 5.01 Å². The van der Waals surface area contributed by atoms with Crippen molar-refractivity contribution < 1.29 is 0 Å². The summed E-state index contributed by atoms with van der Waals surface area (Å²) in [6.07, 6.45) is 7.77. The minimum Gasteiger partial charge on any atom is -0.370 e. The standard InChI is InChI=1S/C17H22N4S/c1-2-13-10-19-16(22-13)11-20-17(18)21-15-9-5-7-12-6-3-4-8-14(12)15/h5,7,9-10H,2-4,6,8,11H2,1H3,(H3,18,20,21). The zero-order chi connectivity index (χ0) is 15.4. The van der Waals surface area contributed by atoms with Gasteiger partial charge in [-0.3, -0.25) is 0 Å². The number of guanidine groups is 1. The second kappa shape index (κ2) is 6.92. The van der Waals surface area contributed by atoms with Gasteiger partial charge in [-0.25, -0.2) is 9.98 Å². The summed E-state index contributed by atoms with van der Waals surface area (Å²) in [6.45, 7) is 2.67. The summed E-state index contributed by atoms with van der Waals surface area (Å²) in [5, 5.41) is 4.28. The highest BCUT2D eigenvalue weighted by Gasteiger charge is 2.13. The van der Waals surface area contributed by atoms with Crippen molar-refractivity contribution in [3.63, 3.8) is 0 Å². The number of nitrogens with zero attached hydrogens (tertiary/aromatic N) is 2. The molecule has 0 spiro atoms. The molecule has 22 heavy (non-hydrogen) atoms. The molecule has 0 amide bonds. The SMILES string of the molecule is CCc1cnc(CN=C(N)Nc2cccc3c2CCCC3)s1. The first-order valence-electron chi connectivity index (χ1n) is 7.87. The van der Waals surface area contributed by atoms with Crippen molar-refractivity contribution in [3.05, 3.63) is 45.4 Å². The molecule has 0 saturated carbocycles. The Kier molecular flexibility index (Phi) is 4.73. The Morgan fingerprint density at radius 2 is 2.23 bits per heavy atom. The van der Waals surface area contributed by atoms with Gasteiger partial charge in [0, 0.05) is 16.8 Å². The van der Waals surface area contributed by atoms with Crippen LogP contribution in [0.5, 0.6) is 0 Å². The van der Waals surface area contributed by atoms with E-state index >= 15 is 0 Å². The third-order valence-electron chi connectivity index (χ3n) is 3.99. The first-order chi connectivity index (χ1) is 10.8. The van der Waals surface area contributed by atoms with Gasteiger partial charge in [0.15, 0.2) is 5.96 Å². The third-order valence-corrected chi connectivity index (χ3v) is 5.12. The van der Waals surface area contributed by atoms with Crippen molar-refractivity contribution in [2.45, 2.75) is 45.6 Å². The summed E-state index contributed by atoms with van der Waals surface area (Å²) in [6, 6.07) is 6.40. The normalized spacial score (nSPS) is 14.7. The molecule has 0 atom stereocenters. The van der Waals surface area contributed by atoms with Crippen molar-refractivity contribution >= 4 is 23.0 Å². The van der Waals surface area contributed by atoms with E-state index in [1.807, 2.05) is 6.20 Å². The highest BCUT2D eigenvalue weighted by Crippen LogP contribution is 2.27. The average Bonchev–Trinajstić information content (AvgIpc) is 3.01. The lowest BCUT2D eigenvalue weighted by molar-refractivity contribution is 0.687. The smallest absolute Gasteiger partial charge is 0.193 e. The number of rotatable bonds is 4. The number of aliphatic imine (C=N–C) groups is 1. The number of benzene rings is 1. The van der Waals surface area contributed by atoms with Crippen LogP contribution in [0.25, 0.3) is 0 Å². The van der Waals surface area contributed by atoms with E-state index in [1.54, 1.807) is 11.3 Å². The van der Waals surface area contributed by atoms with Gasteiger partial charge in [-0.05, 0) is 49.3 Å². The van der Waals surface area contributed by atoms with E-state index in [4.69, 9.17) is 5.73 Å². The molecule has 0 bridgehead atoms. The van der Waals surface area contributed by atoms with Gasteiger partial charge < -0.3 is 11.1 Å². The first-order valence-corrected chi connectivity index (χ1v) is 8.69. The number of anilines is 1. The number of hydrogen-bond acceptors (Lipinski definition) is 3. The number of aromatic nitrogens is 1. The maximum atomic E-state index is 6.04. The van der Waals surface area contributed by atoms with E-state index in [-0.39, 0.29) is 0 Å². The average molecular weight is 314 g/mol. The van der Waals surface area contributed by atoms with Crippen LogP contribution in [-0.4, -0.2) is 10.9 Å². The zero-order valence-electron chi connectivity index (χ0n) is 12.9. The maximum Gasteiger partial charge on any atom is 0.193 e. The largest absolute Gasteiger partial charge is 0.370 e. The van der Waals surface area contributed by atoms with Crippen LogP contribution in [0.2, 0.25) is 0 Å². The molecule has 2 aromatic rings. The molecule has 1 aliphatic rings. The predicted molar refractivity (Wildman–Crippen MR) is 93.5 cm³/mol. The summed E-state index contributed by atoms with van der Waals surface area (Å²) >= 11 is 1.70. The Morgan fingerprint density at radius 3 is 3.05 bits per heavy atom. The number of nitrogens with one attached hydrogen (secondary N) is 1. The van der Waals surface area contributed by atoms with Crippen LogP contribution >= 0.6 is 11.3 Å². The Labute approximate surface area is 135 Å². The molecule has 0 unspecified atom stereocenters. The summed E-state index contributed by atoms with van der Waals surface area (Å²) in [5.74, 6) is 0.465. The monoisotopic (exact) mass is 314 g/mol. The van der Waals surface area contributed by atoms with Gasteiger partial charge in [0.25, 0.3) is 0 Å². The van der Waals surface area contributed by atoms with E-state index in [0.717, 1.165) is 23.5 Å². The summed E-state index contributed by atoms with van der Waals surface area (Å²) in [4.78, 5) is 10.1. The van der Waals surface area contributed by atoms with Crippen LogP contribution in [0.15, 0.2) is 29.4 Å². The molecule has 1 heterocycles. The van der Waals surface area contributed by atoms with Crippen LogP contribution in [-0.2, 0) is 25.8 Å². The number of fused-ring (bicyclic) bond motifs is 1. The molecule has 0 aliphatic heterocycles. The van der Waals surface area contributed by atoms with E-state index in [9.17, 15) is 0 Å². The van der Waals surface area contributed by atoms with Crippen molar-refractivity contribution in [2.24, 2.45) is 10.7 Å². The molecule has 1 aromatic heterocycles. The fourth-order valence-corrected chi connectivity index (χ4v) is 3.60. The topological polar surface area (TPSA) is 63.3 Å². The quantitative estimate of drug-likeness (QED) is 0.670. The second-order valence-electron chi connectivity index (χ2n) is 5.55. The summed E-state index contributed by atoms with van der Waals surface area (Å²) in [7, 11) is 0. The molecule has 5 heteroatoms. The zero-order valence-corrected chi connectivity index (χ0v) is 13.7. The van der Waals surface area contributed by atoms with E-state index in [0.29, 0.717) is 12.5 Å². The Balaban J connectivity index is 1.68. The van der Waals surface area contributed by atoms with E-state index in [1.165, 1.54) is 35.3 Å². The number of nitrogens with two attached hydrogens (primary N) is 1. The molecule has 0 saturated heterocycles. The van der Waals surface area contributed by atoms with Gasteiger partial charge in [-0.1, -0.05) is 19.1 Å². The lowest BCUT2D eigenvalue weighted by Gasteiger charge is -2.19. The highest BCUT2D eigenvalue weighted by atomic mass is 32.1. The number of hydrogen-bond donors (Lipinski definition) is 2. The molecule has 116 valence electrons.